The summed E-state index contributed by atoms with van der Waals surface area (Å²) in [6.07, 6.45) is 0. The maximum atomic E-state index is 13.5. The zero-order valence-corrected chi connectivity index (χ0v) is 20.5. The molecule has 2 N–H and O–H groups in total. The Hall–Kier alpha value is -4.29. The fourth-order valence-corrected chi connectivity index (χ4v) is 4.87. The van der Waals surface area contributed by atoms with Gasteiger partial charge in [-0.15, -0.1) is 21.6 Å². The van der Waals surface area contributed by atoms with Crippen molar-refractivity contribution in [3.8, 4) is 27.6 Å². The number of benzene rings is 2. The second-order valence-electron chi connectivity index (χ2n) is 7.72. The molecule has 12 heteroatoms. The number of halogens is 1. The van der Waals surface area contributed by atoms with Crippen molar-refractivity contribution in [3.05, 3.63) is 86.2 Å². The van der Waals surface area contributed by atoms with E-state index in [1.807, 2.05) is 13.8 Å². The van der Waals surface area contributed by atoms with E-state index in [-0.39, 0.29) is 11.3 Å². The van der Waals surface area contributed by atoms with Gasteiger partial charge < -0.3 is 5.11 Å². The van der Waals surface area contributed by atoms with Crippen molar-refractivity contribution in [2.24, 2.45) is 10.2 Å². The molecule has 180 valence electrons. The Bertz CT molecular complexity index is 1640. The van der Waals surface area contributed by atoms with Crippen LogP contribution in [0.4, 0.5) is 15.2 Å². The molecule has 0 unspecified atom stereocenters. The first-order chi connectivity index (χ1) is 17.3. The van der Waals surface area contributed by atoms with Gasteiger partial charge in [-0.25, -0.2) is 19.2 Å². The second-order valence-corrected chi connectivity index (χ2v) is 9.74. The molecule has 0 aliphatic rings. The van der Waals surface area contributed by atoms with Gasteiger partial charge in [0, 0.05) is 21.4 Å². The molecule has 0 aliphatic heterocycles. The Morgan fingerprint density at radius 3 is 2.36 bits per heavy atom. The van der Waals surface area contributed by atoms with Crippen LogP contribution in [-0.4, -0.2) is 30.8 Å². The molecule has 0 saturated carbocycles. The van der Waals surface area contributed by atoms with Gasteiger partial charge in [-0.2, -0.15) is 4.68 Å². The molecule has 0 amide bonds. The molecular formula is C24H17FN6O3S2. The topological polar surface area (TPSA) is 126 Å². The molecule has 2 aromatic carbocycles. The van der Waals surface area contributed by atoms with Crippen molar-refractivity contribution >= 4 is 39.5 Å². The second kappa shape index (κ2) is 9.40. The molecule has 5 rings (SSSR count). The number of aromatic amines is 1. The monoisotopic (exact) mass is 520 g/mol. The lowest BCUT2D eigenvalue weighted by Crippen LogP contribution is -2.13. The summed E-state index contributed by atoms with van der Waals surface area (Å²) in [5.74, 6) is -1.42. The van der Waals surface area contributed by atoms with Crippen LogP contribution in [0, 0.1) is 19.7 Å². The fraction of sp³-hybridized carbons (Fsp3) is 0.0833. The van der Waals surface area contributed by atoms with Crippen LogP contribution in [0.5, 0.6) is 0 Å². The number of nitrogens with zero attached hydrogens (tertiary/aromatic N) is 5. The quantitative estimate of drug-likeness (QED) is 0.255. The van der Waals surface area contributed by atoms with Crippen LogP contribution in [0.3, 0.4) is 0 Å². The molecule has 0 bridgehead atoms. The van der Waals surface area contributed by atoms with Gasteiger partial charge in [0.15, 0.2) is 5.69 Å². The highest BCUT2D eigenvalue weighted by atomic mass is 32.1. The number of carboxylic acid groups (broad SMARTS) is 1. The van der Waals surface area contributed by atoms with E-state index in [0.717, 1.165) is 10.6 Å². The maximum Gasteiger partial charge on any atom is 0.335 e. The lowest BCUT2D eigenvalue weighted by atomic mass is 10.1. The summed E-state index contributed by atoms with van der Waals surface area (Å²) < 4.78 is 14.8. The number of rotatable bonds is 6. The highest BCUT2D eigenvalue weighted by Crippen LogP contribution is 2.31. The van der Waals surface area contributed by atoms with Gasteiger partial charge >= 0.3 is 11.5 Å². The van der Waals surface area contributed by atoms with Crippen LogP contribution in [-0.2, 0) is 0 Å². The number of hydrogen-bond donors (Lipinski definition) is 2. The van der Waals surface area contributed by atoms with Gasteiger partial charge in [0.25, 0.3) is 0 Å². The van der Waals surface area contributed by atoms with Crippen molar-refractivity contribution in [3.63, 3.8) is 0 Å². The number of carbonyl (C=O) groups is 1. The zero-order valence-electron chi connectivity index (χ0n) is 18.9. The van der Waals surface area contributed by atoms with Gasteiger partial charge in [-0.05, 0) is 50.2 Å². The molecular weight excluding hydrogens is 503 g/mol. The van der Waals surface area contributed by atoms with E-state index in [9.17, 15) is 14.0 Å². The first kappa shape index (κ1) is 23.5. The molecule has 0 saturated heterocycles. The number of H-pyrrole nitrogens is 1. The van der Waals surface area contributed by atoms with Gasteiger partial charge in [0.2, 0.25) is 10.3 Å². The lowest BCUT2D eigenvalue weighted by Gasteiger charge is -2.00. The predicted octanol–water partition coefficient (Wildman–Crippen LogP) is 6.28. The number of aryl methyl sites for hydroxylation is 2. The number of aromatic carboxylic acids is 1. The van der Waals surface area contributed by atoms with Gasteiger partial charge in [-0.1, -0.05) is 23.5 Å². The summed E-state index contributed by atoms with van der Waals surface area (Å²) in [5.41, 5.74) is 2.75. The minimum Gasteiger partial charge on any atom is -0.478 e. The van der Waals surface area contributed by atoms with E-state index in [4.69, 9.17) is 5.11 Å². The largest absolute Gasteiger partial charge is 0.478 e. The van der Waals surface area contributed by atoms with Crippen LogP contribution >= 0.6 is 22.7 Å². The maximum absolute atomic E-state index is 13.5. The van der Waals surface area contributed by atoms with Crippen molar-refractivity contribution < 1.29 is 14.3 Å². The van der Waals surface area contributed by atoms with Crippen molar-refractivity contribution in [2.45, 2.75) is 13.8 Å². The molecule has 9 nitrogen and oxygen atoms in total. The SMILES string of the molecule is Cc1nc(N=Nc2c(-c3ccc(F)cc3)[nH]n(-c3nc(-c4ccc(C(=O)O)cc4)cs3)c2=O)sc1C. The minimum atomic E-state index is -1.02. The van der Waals surface area contributed by atoms with Crippen LogP contribution in [0.15, 0.2) is 68.9 Å². The Labute approximate surface area is 211 Å². The lowest BCUT2D eigenvalue weighted by molar-refractivity contribution is 0.0697. The van der Waals surface area contributed by atoms with Crippen molar-refractivity contribution in [2.75, 3.05) is 0 Å². The fourth-order valence-electron chi connectivity index (χ4n) is 3.35. The normalized spacial score (nSPS) is 11.4. The zero-order chi connectivity index (χ0) is 25.4. The van der Waals surface area contributed by atoms with Crippen molar-refractivity contribution in [1.29, 1.82) is 0 Å². The minimum absolute atomic E-state index is 0.0367. The van der Waals surface area contributed by atoms with E-state index in [0.29, 0.717) is 32.8 Å². The highest BCUT2D eigenvalue weighted by Gasteiger charge is 2.20. The van der Waals surface area contributed by atoms with E-state index in [2.05, 4.69) is 25.3 Å². The van der Waals surface area contributed by atoms with E-state index in [1.54, 1.807) is 29.6 Å². The van der Waals surface area contributed by atoms with Crippen molar-refractivity contribution in [1.82, 2.24) is 19.7 Å². The molecule has 5 aromatic rings. The van der Waals surface area contributed by atoms with E-state index in [1.165, 1.54) is 51.6 Å². The number of carboxylic acids is 1. The molecule has 0 spiro atoms. The van der Waals surface area contributed by atoms with Crippen LogP contribution in [0.2, 0.25) is 0 Å². The molecule has 0 atom stereocenters. The number of aromatic nitrogens is 4. The summed E-state index contributed by atoms with van der Waals surface area (Å²) >= 11 is 2.59. The molecule has 36 heavy (non-hydrogen) atoms. The highest BCUT2D eigenvalue weighted by molar-refractivity contribution is 7.15. The summed E-state index contributed by atoms with van der Waals surface area (Å²) in [5, 5.41) is 23.0. The average Bonchev–Trinajstić information content (AvgIpc) is 3.56. The summed E-state index contributed by atoms with van der Waals surface area (Å²) in [6, 6.07) is 12.0. The molecule has 3 aromatic heterocycles. The van der Waals surface area contributed by atoms with E-state index < -0.39 is 17.3 Å². The summed E-state index contributed by atoms with van der Waals surface area (Å²) in [7, 11) is 0. The third kappa shape index (κ3) is 4.51. The van der Waals surface area contributed by atoms with Gasteiger partial charge in [-0.3, -0.25) is 9.89 Å². The Balaban J connectivity index is 1.57. The third-order valence-corrected chi connectivity index (χ3v) is 7.15. The molecule has 0 fully saturated rings. The van der Waals surface area contributed by atoms with E-state index >= 15 is 0 Å². The average molecular weight is 521 g/mol. The standard InChI is InChI=1S/C24H17FN6O3S2/c1-12-13(2)36-23(26-12)29-28-20-19(15-7-9-17(25)10-8-15)30-31(21(20)32)24-27-18(11-35-24)14-3-5-16(6-4-14)22(33)34/h3-11,30H,1-2H3,(H,33,34). The summed E-state index contributed by atoms with van der Waals surface area (Å²) in [4.78, 5) is 34.4. The molecule has 0 radical (unpaired) electrons. The molecule has 0 aliphatic carbocycles. The Morgan fingerprint density at radius 2 is 1.72 bits per heavy atom. The third-order valence-electron chi connectivity index (χ3n) is 5.36. The van der Waals surface area contributed by atoms with Gasteiger partial charge in [0.1, 0.15) is 5.82 Å². The molecule has 3 heterocycles. The smallest absolute Gasteiger partial charge is 0.335 e. The van der Waals surface area contributed by atoms with Crippen LogP contribution in [0.25, 0.3) is 27.6 Å². The first-order valence-corrected chi connectivity index (χ1v) is 12.3. The number of nitrogens with one attached hydrogen (secondary N) is 1. The van der Waals surface area contributed by atoms with Gasteiger partial charge in [0.05, 0.1) is 22.6 Å². The predicted molar refractivity (Wildman–Crippen MR) is 136 cm³/mol. The Kier molecular flexibility index (Phi) is 6.12. The Morgan fingerprint density at radius 1 is 1.03 bits per heavy atom. The van der Waals surface area contributed by atoms with Crippen LogP contribution < -0.4 is 5.56 Å². The summed E-state index contributed by atoms with van der Waals surface area (Å²) in [6.45, 7) is 3.79. The number of azo groups is 1. The number of thiazole rings is 2. The number of hydrogen-bond acceptors (Lipinski definition) is 8. The van der Waals surface area contributed by atoms with Crippen LogP contribution in [0.1, 0.15) is 20.9 Å². The first-order valence-electron chi connectivity index (χ1n) is 10.6.